The second-order valence-electron chi connectivity index (χ2n) is 5.19. The van der Waals surface area contributed by atoms with Gasteiger partial charge in [-0.25, -0.2) is 4.98 Å². The Kier molecular flexibility index (Phi) is 5.95. The van der Waals surface area contributed by atoms with Crippen LogP contribution in [0, 0.1) is 6.92 Å². The molecule has 1 amide bonds. The number of carbonyl (C=O) groups is 1. The molecule has 118 valence electrons. The van der Waals surface area contributed by atoms with Gasteiger partial charge in [0, 0.05) is 22.7 Å². The molecule has 0 radical (unpaired) electrons. The fraction of sp³-hybridized carbons (Fsp3) is 0.412. The van der Waals surface area contributed by atoms with Gasteiger partial charge in [0.25, 0.3) is 5.91 Å². The van der Waals surface area contributed by atoms with Crippen LogP contribution in [-0.4, -0.2) is 23.5 Å². The van der Waals surface area contributed by atoms with Crippen molar-refractivity contribution in [1.29, 1.82) is 0 Å². The number of aryl methyl sites for hydroxylation is 1. The van der Waals surface area contributed by atoms with Crippen molar-refractivity contribution in [2.24, 2.45) is 0 Å². The molecule has 0 saturated heterocycles. The van der Waals surface area contributed by atoms with E-state index in [0.29, 0.717) is 5.75 Å². The molecule has 1 N–H and O–H groups in total. The monoisotopic (exact) mass is 318 g/mol. The molecule has 0 aliphatic heterocycles. The average molecular weight is 318 g/mol. The zero-order chi connectivity index (χ0) is 15.9. The smallest absolute Gasteiger partial charge is 0.258 e. The number of carbonyl (C=O) groups excluding carboxylic acids is 1. The maximum Gasteiger partial charge on any atom is 0.258 e. The number of ether oxygens (including phenoxy) is 1. The van der Waals surface area contributed by atoms with E-state index in [0.717, 1.165) is 29.1 Å². The summed E-state index contributed by atoms with van der Waals surface area (Å²) in [6.45, 7) is 6.16. The van der Waals surface area contributed by atoms with Crippen molar-refractivity contribution in [3.8, 4) is 16.3 Å². The van der Waals surface area contributed by atoms with Gasteiger partial charge in [-0.2, -0.15) is 0 Å². The molecule has 0 fully saturated rings. The van der Waals surface area contributed by atoms with Crippen LogP contribution in [0.25, 0.3) is 10.6 Å². The maximum atomic E-state index is 11.8. The first-order valence-corrected chi connectivity index (χ1v) is 8.45. The van der Waals surface area contributed by atoms with E-state index in [9.17, 15) is 4.79 Å². The molecule has 0 saturated carbocycles. The molecule has 1 aromatic carbocycles. The summed E-state index contributed by atoms with van der Waals surface area (Å²) in [5, 5.41) is 5.98. The predicted molar refractivity (Wildman–Crippen MR) is 90.3 cm³/mol. The van der Waals surface area contributed by atoms with Crippen LogP contribution in [0.3, 0.4) is 0 Å². The van der Waals surface area contributed by atoms with Gasteiger partial charge in [-0.15, -0.1) is 11.3 Å². The minimum absolute atomic E-state index is 0.0478. The van der Waals surface area contributed by atoms with E-state index in [1.165, 1.54) is 0 Å². The Balaban J connectivity index is 1.88. The van der Waals surface area contributed by atoms with E-state index < -0.39 is 0 Å². The fourth-order valence-corrected chi connectivity index (χ4v) is 2.90. The quantitative estimate of drug-likeness (QED) is 0.845. The van der Waals surface area contributed by atoms with Crippen LogP contribution in [0.4, 0.5) is 0 Å². The third-order valence-electron chi connectivity index (χ3n) is 3.44. The Labute approximate surface area is 135 Å². The normalized spacial score (nSPS) is 10.7. The summed E-state index contributed by atoms with van der Waals surface area (Å²) >= 11 is 1.62. The molecule has 0 aliphatic carbocycles. The van der Waals surface area contributed by atoms with Crippen LogP contribution in [0.2, 0.25) is 0 Å². The summed E-state index contributed by atoms with van der Waals surface area (Å²) in [5.74, 6) is 0.616. The van der Waals surface area contributed by atoms with Crippen molar-refractivity contribution >= 4 is 17.2 Å². The zero-order valence-electron chi connectivity index (χ0n) is 13.3. The Morgan fingerprint density at radius 2 is 1.95 bits per heavy atom. The first-order chi connectivity index (χ1) is 10.6. The molecule has 1 heterocycles. The lowest BCUT2D eigenvalue weighted by atomic mass is 10.2. The predicted octanol–water partition coefficient (Wildman–Crippen LogP) is 3.80. The highest BCUT2D eigenvalue weighted by molar-refractivity contribution is 7.13. The number of hydrogen-bond donors (Lipinski definition) is 1. The number of benzene rings is 1. The topological polar surface area (TPSA) is 51.2 Å². The minimum atomic E-state index is -0.0756. The molecule has 0 aliphatic rings. The van der Waals surface area contributed by atoms with Gasteiger partial charge in [0.2, 0.25) is 0 Å². The fourth-order valence-electron chi connectivity index (χ4n) is 2.09. The van der Waals surface area contributed by atoms with Gasteiger partial charge < -0.3 is 10.1 Å². The van der Waals surface area contributed by atoms with Crippen LogP contribution in [-0.2, 0) is 4.79 Å². The Morgan fingerprint density at radius 1 is 1.27 bits per heavy atom. The SMILES string of the molecule is CCC(CC)NC(=O)COc1ccc(-c2nc(C)cs2)cc1. The lowest BCUT2D eigenvalue weighted by Gasteiger charge is -2.15. The molecule has 2 rings (SSSR count). The third-order valence-corrected chi connectivity index (χ3v) is 4.45. The van der Waals surface area contributed by atoms with Crippen LogP contribution >= 0.6 is 11.3 Å². The number of nitrogens with one attached hydrogen (secondary N) is 1. The molecule has 0 atom stereocenters. The molecule has 0 spiro atoms. The zero-order valence-corrected chi connectivity index (χ0v) is 14.1. The van der Waals surface area contributed by atoms with Crippen molar-refractivity contribution in [2.45, 2.75) is 39.7 Å². The van der Waals surface area contributed by atoms with E-state index in [1.54, 1.807) is 11.3 Å². The van der Waals surface area contributed by atoms with E-state index >= 15 is 0 Å². The number of aromatic nitrogens is 1. The van der Waals surface area contributed by atoms with Crippen LogP contribution < -0.4 is 10.1 Å². The summed E-state index contributed by atoms with van der Waals surface area (Å²) in [7, 11) is 0. The highest BCUT2D eigenvalue weighted by Gasteiger charge is 2.09. The lowest BCUT2D eigenvalue weighted by Crippen LogP contribution is -2.37. The summed E-state index contributed by atoms with van der Waals surface area (Å²) in [6.07, 6.45) is 1.87. The van der Waals surface area contributed by atoms with E-state index in [1.807, 2.05) is 36.6 Å². The van der Waals surface area contributed by atoms with Gasteiger partial charge in [0.1, 0.15) is 10.8 Å². The molecule has 2 aromatic rings. The van der Waals surface area contributed by atoms with Gasteiger partial charge in [-0.05, 0) is 44.0 Å². The van der Waals surface area contributed by atoms with Crippen molar-refractivity contribution in [1.82, 2.24) is 10.3 Å². The Morgan fingerprint density at radius 3 is 2.50 bits per heavy atom. The first kappa shape index (κ1) is 16.5. The summed E-state index contributed by atoms with van der Waals surface area (Å²) in [6, 6.07) is 7.90. The highest BCUT2D eigenvalue weighted by Crippen LogP contribution is 2.25. The number of rotatable bonds is 7. The number of hydrogen-bond acceptors (Lipinski definition) is 4. The van der Waals surface area contributed by atoms with E-state index in [4.69, 9.17) is 4.74 Å². The van der Waals surface area contributed by atoms with Gasteiger partial charge in [-0.1, -0.05) is 13.8 Å². The summed E-state index contributed by atoms with van der Waals surface area (Å²) in [4.78, 5) is 16.2. The standard InChI is InChI=1S/C17H22N2O2S/c1-4-14(5-2)19-16(20)10-21-15-8-6-13(7-9-15)17-18-12(3)11-22-17/h6-9,11,14H,4-5,10H2,1-3H3,(H,19,20). The Bertz CT molecular complexity index is 603. The van der Waals surface area contributed by atoms with Crippen LogP contribution in [0.15, 0.2) is 29.6 Å². The summed E-state index contributed by atoms with van der Waals surface area (Å²) < 4.78 is 5.52. The van der Waals surface area contributed by atoms with Crippen LogP contribution in [0.1, 0.15) is 32.4 Å². The number of thiazole rings is 1. The Hall–Kier alpha value is -1.88. The lowest BCUT2D eigenvalue weighted by molar-refractivity contribution is -0.123. The minimum Gasteiger partial charge on any atom is -0.484 e. The molecule has 0 bridgehead atoms. The van der Waals surface area contributed by atoms with Gasteiger partial charge in [0.05, 0.1) is 0 Å². The van der Waals surface area contributed by atoms with Crippen molar-refractivity contribution < 1.29 is 9.53 Å². The molecule has 4 nitrogen and oxygen atoms in total. The summed E-state index contributed by atoms with van der Waals surface area (Å²) in [5.41, 5.74) is 2.09. The molecule has 1 aromatic heterocycles. The van der Waals surface area contributed by atoms with Crippen molar-refractivity contribution in [2.75, 3.05) is 6.61 Å². The third kappa shape index (κ3) is 4.56. The average Bonchev–Trinajstić information content (AvgIpc) is 2.97. The molecule has 0 unspecified atom stereocenters. The second-order valence-corrected chi connectivity index (χ2v) is 6.05. The van der Waals surface area contributed by atoms with Gasteiger partial charge in [0.15, 0.2) is 6.61 Å². The van der Waals surface area contributed by atoms with Crippen LogP contribution in [0.5, 0.6) is 5.75 Å². The maximum absolute atomic E-state index is 11.8. The van der Waals surface area contributed by atoms with Crippen molar-refractivity contribution in [3.05, 3.63) is 35.3 Å². The van der Waals surface area contributed by atoms with E-state index in [2.05, 4.69) is 24.1 Å². The largest absolute Gasteiger partial charge is 0.484 e. The molecule has 22 heavy (non-hydrogen) atoms. The first-order valence-electron chi connectivity index (χ1n) is 7.57. The van der Waals surface area contributed by atoms with E-state index in [-0.39, 0.29) is 18.6 Å². The van der Waals surface area contributed by atoms with Crippen molar-refractivity contribution in [3.63, 3.8) is 0 Å². The second kappa shape index (κ2) is 7.94. The molecule has 5 heteroatoms. The highest BCUT2D eigenvalue weighted by atomic mass is 32.1. The van der Waals surface area contributed by atoms with Gasteiger partial charge >= 0.3 is 0 Å². The number of nitrogens with zero attached hydrogens (tertiary/aromatic N) is 1. The number of amides is 1. The molecular weight excluding hydrogens is 296 g/mol. The van der Waals surface area contributed by atoms with Gasteiger partial charge in [-0.3, -0.25) is 4.79 Å². The molecular formula is C17H22N2O2S.